The first-order valence-electron chi connectivity index (χ1n) is 6.21. The van der Waals surface area contributed by atoms with Gasteiger partial charge in [-0.3, -0.25) is 0 Å². The molecule has 21 heavy (non-hydrogen) atoms. The van der Waals surface area contributed by atoms with E-state index in [1.807, 2.05) is 12.1 Å². The van der Waals surface area contributed by atoms with Crippen LogP contribution in [0.25, 0.3) is 17.1 Å². The zero-order chi connectivity index (χ0) is 14.8. The van der Waals surface area contributed by atoms with Gasteiger partial charge in [-0.15, -0.1) is 0 Å². The summed E-state index contributed by atoms with van der Waals surface area (Å²) in [6.07, 6.45) is 2.92. The fourth-order valence-electron chi connectivity index (χ4n) is 2.07. The van der Waals surface area contributed by atoms with Crippen LogP contribution in [0, 0.1) is 0 Å². The molecule has 6 heteroatoms. The van der Waals surface area contributed by atoms with E-state index in [1.54, 1.807) is 31.4 Å². The van der Waals surface area contributed by atoms with Crippen LogP contribution in [0.2, 0.25) is 0 Å². The first-order chi connectivity index (χ1) is 10.2. The standard InChI is InChI=1S/C15H12N2O4/c1-20-12-6-3-2-5-11(12)17-9-10(15(18)19)14(16-17)13-7-4-8-21-13/h2-9H,1H3,(H,18,19). The molecule has 2 heterocycles. The quantitative estimate of drug-likeness (QED) is 0.797. The summed E-state index contributed by atoms with van der Waals surface area (Å²) in [5.41, 5.74) is 0.995. The van der Waals surface area contributed by atoms with E-state index in [1.165, 1.54) is 17.1 Å². The molecule has 0 unspecified atom stereocenters. The van der Waals surface area contributed by atoms with Crippen molar-refractivity contribution in [3.8, 4) is 22.9 Å². The maximum atomic E-state index is 11.4. The molecule has 1 N–H and O–H groups in total. The average Bonchev–Trinajstić information content (AvgIpc) is 3.16. The van der Waals surface area contributed by atoms with E-state index in [-0.39, 0.29) is 11.3 Å². The number of nitrogens with zero attached hydrogens (tertiary/aromatic N) is 2. The van der Waals surface area contributed by atoms with E-state index < -0.39 is 5.97 Å². The van der Waals surface area contributed by atoms with Crippen molar-refractivity contribution < 1.29 is 19.1 Å². The van der Waals surface area contributed by atoms with Gasteiger partial charge in [0.05, 0.1) is 13.4 Å². The Morgan fingerprint density at radius 3 is 2.76 bits per heavy atom. The molecule has 3 rings (SSSR count). The molecular weight excluding hydrogens is 272 g/mol. The van der Waals surface area contributed by atoms with Gasteiger partial charge >= 0.3 is 5.97 Å². The second kappa shape index (κ2) is 5.16. The van der Waals surface area contributed by atoms with Crippen LogP contribution < -0.4 is 4.74 Å². The van der Waals surface area contributed by atoms with Crippen LogP contribution in [0.15, 0.2) is 53.3 Å². The number of para-hydroxylation sites is 2. The van der Waals surface area contributed by atoms with Crippen molar-refractivity contribution in [2.45, 2.75) is 0 Å². The Hall–Kier alpha value is -3.02. The second-order valence-corrected chi connectivity index (χ2v) is 4.29. The van der Waals surface area contributed by atoms with Crippen LogP contribution in [0.4, 0.5) is 0 Å². The Labute approximate surface area is 120 Å². The summed E-state index contributed by atoms with van der Waals surface area (Å²) in [5, 5.41) is 13.6. The number of carboxylic acid groups (broad SMARTS) is 1. The lowest BCUT2D eigenvalue weighted by Gasteiger charge is -2.07. The van der Waals surface area contributed by atoms with Crippen LogP contribution in [-0.2, 0) is 0 Å². The van der Waals surface area contributed by atoms with Crippen LogP contribution in [0.5, 0.6) is 5.75 Å². The summed E-state index contributed by atoms with van der Waals surface area (Å²) in [6.45, 7) is 0. The van der Waals surface area contributed by atoms with Crippen molar-refractivity contribution in [1.82, 2.24) is 9.78 Å². The lowest BCUT2D eigenvalue weighted by Crippen LogP contribution is -1.98. The molecular formula is C15H12N2O4. The average molecular weight is 284 g/mol. The van der Waals surface area contributed by atoms with Crippen molar-refractivity contribution >= 4 is 5.97 Å². The van der Waals surface area contributed by atoms with Crippen LogP contribution in [0.3, 0.4) is 0 Å². The number of aromatic nitrogens is 2. The van der Waals surface area contributed by atoms with Crippen molar-refractivity contribution in [2.24, 2.45) is 0 Å². The Morgan fingerprint density at radius 2 is 2.10 bits per heavy atom. The van der Waals surface area contributed by atoms with E-state index in [0.29, 0.717) is 17.2 Å². The highest BCUT2D eigenvalue weighted by Crippen LogP contribution is 2.27. The number of hydrogen-bond acceptors (Lipinski definition) is 4. The molecule has 2 aromatic heterocycles. The number of methoxy groups -OCH3 is 1. The van der Waals surface area contributed by atoms with Gasteiger partial charge < -0.3 is 14.3 Å². The molecule has 0 aliphatic rings. The van der Waals surface area contributed by atoms with E-state index in [9.17, 15) is 9.90 Å². The Balaban J connectivity index is 2.17. The lowest BCUT2D eigenvalue weighted by molar-refractivity contribution is 0.0697. The molecule has 6 nitrogen and oxygen atoms in total. The summed E-state index contributed by atoms with van der Waals surface area (Å²) in [5.74, 6) is -0.0634. The largest absolute Gasteiger partial charge is 0.494 e. The highest BCUT2D eigenvalue weighted by Gasteiger charge is 2.20. The fourth-order valence-corrected chi connectivity index (χ4v) is 2.07. The number of benzene rings is 1. The van der Waals surface area contributed by atoms with Crippen LogP contribution >= 0.6 is 0 Å². The fraction of sp³-hybridized carbons (Fsp3) is 0.0667. The minimum Gasteiger partial charge on any atom is -0.494 e. The number of hydrogen-bond donors (Lipinski definition) is 1. The van der Waals surface area contributed by atoms with E-state index in [2.05, 4.69) is 5.10 Å². The number of carbonyl (C=O) groups is 1. The number of rotatable bonds is 4. The monoisotopic (exact) mass is 284 g/mol. The molecule has 0 saturated heterocycles. The number of carboxylic acids is 1. The summed E-state index contributed by atoms with van der Waals surface area (Å²) in [4.78, 5) is 11.4. The van der Waals surface area contributed by atoms with Gasteiger partial charge in [-0.1, -0.05) is 12.1 Å². The third-order valence-corrected chi connectivity index (χ3v) is 3.03. The summed E-state index contributed by atoms with van der Waals surface area (Å²) >= 11 is 0. The SMILES string of the molecule is COc1ccccc1-n1cc(C(=O)O)c(-c2ccco2)n1. The summed E-state index contributed by atoms with van der Waals surface area (Å²) in [6, 6.07) is 10.6. The van der Waals surface area contributed by atoms with E-state index in [4.69, 9.17) is 9.15 Å². The van der Waals surface area contributed by atoms with Crippen molar-refractivity contribution in [3.63, 3.8) is 0 Å². The third-order valence-electron chi connectivity index (χ3n) is 3.03. The molecule has 0 aliphatic heterocycles. The molecule has 0 amide bonds. The minimum absolute atomic E-state index is 0.0656. The van der Waals surface area contributed by atoms with Gasteiger partial charge in [0.1, 0.15) is 22.7 Å². The molecule has 0 aliphatic carbocycles. The highest BCUT2D eigenvalue weighted by atomic mass is 16.5. The molecule has 0 spiro atoms. The van der Waals surface area contributed by atoms with Gasteiger partial charge in [-0.2, -0.15) is 5.10 Å². The molecule has 0 saturated carbocycles. The molecule has 106 valence electrons. The van der Waals surface area contributed by atoms with Crippen LogP contribution in [0.1, 0.15) is 10.4 Å². The molecule has 1 aromatic carbocycles. The van der Waals surface area contributed by atoms with Crippen molar-refractivity contribution in [2.75, 3.05) is 7.11 Å². The Kier molecular flexibility index (Phi) is 3.19. The normalized spacial score (nSPS) is 10.5. The maximum absolute atomic E-state index is 11.4. The predicted octanol–water partition coefficient (Wildman–Crippen LogP) is 2.84. The highest BCUT2D eigenvalue weighted by molar-refractivity contribution is 5.94. The smallest absolute Gasteiger partial charge is 0.339 e. The first-order valence-corrected chi connectivity index (χ1v) is 6.21. The lowest BCUT2D eigenvalue weighted by atomic mass is 10.2. The Bertz CT molecular complexity index is 775. The molecule has 3 aromatic rings. The predicted molar refractivity (Wildman–Crippen MR) is 74.8 cm³/mol. The van der Waals surface area contributed by atoms with E-state index >= 15 is 0 Å². The number of aromatic carboxylic acids is 1. The zero-order valence-electron chi connectivity index (χ0n) is 11.2. The van der Waals surface area contributed by atoms with E-state index in [0.717, 1.165) is 0 Å². The maximum Gasteiger partial charge on any atom is 0.339 e. The molecule has 0 radical (unpaired) electrons. The van der Waals surface area contributed by atoms with Gasteiger partial charge in [0.15, 0.2) is 5.76 Å². The first kappa shape index (κ1) is 13.0. The summed E-state index contributed by atoms with van der Waals surface area (Å²) < 4.78 is 12.0. The van der Waals surface area contributed by atoms with Gasteiger partial charge in [0, 0.05) is 6.20 Å². The van der Waals surface area contributed by atoms with Crippen molar-refractivity contribution in [3.05, 3.63) is 54.4 Å². The van der Waals surface area contributed by atoms with Gasteiger partial charge in [0.2, 0.25) is 0 Å². The minimum atomic E-state index is -1.07. The summed E-state index contributed by atoms with van der Waals surface area (Å²) in [7, 11) is 1.55. The molecule has 0 fully saturated rings. The topological polar surface area (TPSA) is 77.5 Å². The molecule has 0 bridgehead atoms. The molecule has 0 atom stereocenters. The van der Waals surface area contributed by atoms with Gasteiger partial charge in [-0.25, -0.2) is 9.48 Å². The second-order valence-electron chi connectivity index (χ2n) is 4.29. The zero-order valence-corrected chi connectivity index (χ0v) is 11.2. The number of furan rings is 1. The van der Waals surface area contributed by atoms with Gasteiger partial charge in [-0.05, 0) is 24.3 Å². The Morgan fingerprint density at radius 1 is 1.29 bits per heavy atom. The number of ether oxygens (including phenoxy) is 1. The van der Waals surface area contributed by atoms with Gasteiger partial charge in [0.25, 0.3) is 0 Å². The van der Waals surface area contributed by atoms with Crippen LogP contribution in [-0.4, -0.2) is 28.0 Å². The third kappa shape index (κ3) is 2.27. The van der Waals surface area contributed by atoms with Crippen molar-refractivity contribution in [1.29, 1.82) is 0 Å².